The molecule has 2 rings (SSSR count). The van der Waals surface area contributed by atoms with Gasteiger partial charge in [-0.1, -0.05) is 6.07 Å². The summed E-state index contributed by atoms with van der Waals surface area (Å²) in [7, 11) is 1.99. The molecule has 0 spiro atoms. The zero-order valence-corrected chi connectivity index (χ0v) is 12.9. The third-order valence-corrected chi connectivity index (χ3v) is 4.06. The van der Waals surface area contributed by atoms with Crippen molar-refractivity contribution in [3.05, 3.63) is 40.3 Å². The summed E-state index contributed by atoms with van der Waals surface area (Å²) in [5.41, 5.74) is 1.99. The SMILES string of the molecule is CCO[C@H](C)c1nc(CN(C)c2cccc(O)c2)cs1. The molecule has 0 amide bonds. The van der Waals surface area contributed by atoms with Gasteiger partial charge in [-0.05, 0) is 26.0 Å². The van der Waals surface area contributed by atoms with Crippen LogP contribution in [0.15, 0.2) is 29.6 Å². The summed E-state index contributed by atoms with van der Waals surface area (Å²) in [6.45, 7) is 5.41. The molecule has 0 aliphatic rings. The minimum Gasteiger partial charge on any atom is -0.508 e. The number of hydrogen-bond acceptors (Lipinski definition) is 5. The Morgan fingerprint density at radius 3 is 2.95 bits per heavy atom. The Kier molecular flexibility index (Phi) is 4.98. The monoisotopic (exact) mass is 292 g/mol. The van der Waals surface area contributed by atoms with E-state index in [1.54, 1.807) is 23.5 Å². The molecule has 20 heavy (non-hydrogen) atoms. The van der Waals surface area contributed by atoms with Crippen molar-refractivity contribution in [1.82, 2.24) is 4.98 Å². The molecule has 1 atom stereocenters. The maximum Gasteiger partial charge on any atom is 0.122 e. The standard InChI is InChI=1S/C15H20N2O2S/c1-4-19-11(2)15-16-12(10-20-15)9-17(3)13-6-5-7-14(18)8-13/h5-8,10-11,18H,4,9H2,1-3H3/t11-/m1/s1. The van der Waals surface area contributed by atoms with Gasteiger partial charge in [0.1, 0.15) is 16.9 Å². The molecule has 1 heterocycles. The molecule has 1 N–H and O–H groups in total. The van der Waals surface area contributed by atoms with E-state index in [0.29, 0.717) is 13.2 Å². The van der Waals surface area contributed by atoms with Crippen LogP contribution in [0, 0.1) is 0 Å². The molecule has 2 aromatic rings. The second-order valence-electron chi connectivity index (χ2n) is 4.65. The minimum absolute atomic E-state index is 0.0461. The molecule has 0 saturated heterocycles. The summed E-state index contributed by atoms with van der Waals surface area (Å²) >= 11 is 1.63. The fraction of sp³-hybridized carbons (Fsp3) is 0.400. The van der Waals surface area contributed by atoms with E-state index < -0.39 is 0 Å². The second kappa shape index (κ2) is 6.72. The molecular weight excluding hydrogens is 272 g/mol. The molecule has 0 unspecified atom stereocenters. The number of phenols is 1. The highest BCUT2D eigenvalue weighted by atomic mass is 32.1. The number of nitrogens with zero attached hydrogens (tertiary/aromatic N) is 2. The Labute approximate surface area is 123 Å². The van der Waals surface area contributed by atoms with Gasteiger partial charge in [0.15, 0.2) is 0 Å². The number of hydrogen-bond donors (Lipinski definition) is 1. The van der Waals surface area contributed by atoms with Gasteiger partial charge in [-0.3, -0.25) is 0 Å². The lowest BCUT2D eigenvalue weighted by Gasteiger charge is -2.18. The molecular formula is C15H20N2O2S. The molecule has 5 heteroatoms. The normalized spacial score (nSPS) is 12.3. The second-order valence-corrected chi connectivity index (χ2v) is 5.54. The Bertz CT molecular complexity index is 556. The van der Waals surface area contributed by atoms with E-state index in [1.807, 2.05) is 33.0 Å². The number of ether oxygens (including phenoxy) is 1. The fourth-order valence-electron chi connectivity index (χ4n) is 1.97. The van der Waals surface area contributed by atoms with Crippen LogP contribution >= 0.6 is 11.3 Å². The summed E-state index contributed by atoms with van der Waals surface area (Å²) in [6.07, 6.45) is 0.0461. The van der Waals surface area contributed by atoms with Crippen LogP contribution in [0.2, 0.25) is 0 Å². The van der Waals surface area contributed by atoms with Gasteiger partial charge in [0, 0.05) is 30.8 Å². The Balaban J connectivity index is 2.03. The van der Waals surface area contributed by atoms with Crippen LogP contribution in [0.1, 0.15) is 30.7 Å². The van der Waals surface area contributed by atoms with Crippen LogP contribution in [0.5, 0.6) is 5.75 Å². The zero-order chi connectivity index (χ0) is 14.5. The smallest absolute Gasteiger partial charge is 0.122 e. The Morgan fingerprint density at radius 2 is 2.25 bits per heavy atom. The average molecular weight is 292 g/mol. The maximum absolute atomic E-state index is 9.51. The number of rotatable bonds is 6. The quantitative estimate of drug-likeness (QED) is 0.884. The van der Waals surface area contributed by atoms with Crippen LogP contribution in [0.25, 0.3) is 0 Å². The lowest BCUT2D eigenvalue weighted by molar-refractivity contribution is 0.0761. The average Bonchev–Trinajstić information content (AvgIpc) is 2.87. The van der Waals surface area contributed by atoms with E-state index in [0.717, 1.165) is 16.4 Å². The van der Waals surface area contributed by atoms with Crippen LogP contribution in [0.4, 0.5) is 5.69 Å². The zero-order valence-electron chi connectivity index (χ0n) is 12.0. The molecule has 108 valence electrons. The van der Waals surface area contributed by atoms with E-state index in [4.69, 9.17) is 4.74 Å². The van der Waals surface area contributed by atoms with Gasteiger partial charge in [0.05, 0.1) is 12.2 Å². The summed E-state index contributed by atoms with van der Waals surface area (Å²) in [5, 5.41) is 12.6. The first kappa shape index (κ1) is 14.8. The van der Waals surface area contributed by atoms with Crippen molar-refractivity contribution in [3.63, 3.8) is 0 Å². The Hall–Kier alpha value is -1.59. The van der Waals surface area contributed by atoms with Crippen molar-refractivity contribution in [2.75, 3.05) is 18.6 Å². The van der Waals surface area contributed by atoms with Crippen molar-refractivity contribution < 1.29 is 9.84 Å². The van der Waals surface area contributed by atoms with Gasteiger partial charge in [-0.2, -0.15) is 0 Å². The number of aromatic nitrogens is 1. The van der Waals surface area contributed by atoms with E-state index in [1.165, 1.54) is 0 Å². The Morgan fingerprint density at radius 1 is 1.45 bits per heavy atom. The molecule has 4 nitrogen and oxygen atoms in total. The van der Waals surface area contributed by atoms with Crippen molar-refractivity contribution in [1.29, 1.82) is 0 Å². The lowest BCUT2D eigenvalue weighted by Crippen LogP contribution is -2.16. The predicted octanol–water partition coefficient (Wildman–Crippen LogP) is 3.58. The van der Waals surface area contributed by atoms with Gasteiger partial charge in [0.2, 0.25) is 0 Å². The first-order chi connectivity index (χ1) is 9.60. The summed E-state index contributed by atoms with van der Waals surface area (Å²) in [4.78, 5) is 6.67. The predicted molar refractivity (Wildman–Crippen MR) is 82.4 cm³/mol. The van der Waals surface area contributed by atoms with Gasteiger partial charge in [-0.25, -0.2) is 4.98 Å². The summed E-state index contributed by atoms with van der Waals surface area (Å²) in [5.74, 6) is 0.276. The van der Waals surface area contributed by atoms with Gasteiger partial charge in [0.25, 0.3) is 0 Å². The molecule has 1 aromatic heterocycles. The summed E-state index contributed by atoms with van der Waals surface area (Å²) in [6, 6.07) is 7.22. The molecule has 0 saturated carbocycles. The van der Waals surface area contributed by atoms with E-state index in [-0.39, 0.29) is 11.9 Å². The third-order valence-electron chi connectivity index (χ3n) is 3.00. The van der Waals surface area contributed by atoms with Crippen molar-refractivity contribution in [2.24, 2.45) is 0 Å². The van der Waals surface area contributed by atoms with Crippen molar-refractivity contribution in [3.8, 4) is 5.75 Å². The van der Waals surface area contributed by atoms with Gasteiger partial charge in [-0.15, -0.1) is 11.3 Å². The van der Waals surface area contributed by atoms with E-state index in [2.05, 4.69) is 15.3 Å². The molecule has 0 aliphatic carbocycles. The number of aromatic hydroxyl groups is 1. The highest BCUT2D eigenvalue weighted by Crippen LogP contribution is 2.24. The van der Waals surface area contributed by atoms with Crippen molar-refractivity contribution >= 4 is 17.0 Å². The van der Waals surface area contributed by atoms with Crippen LogP contribution < -0.4 is 4.90 Å². The highest BCUT2D eigenvalue weighted by Gasteiger charge is 2.11. The number of anilines is 1. The van der Waals surface area contributed by atoms with Crippen LogP contribution in [-0.4, -0.2) is 23.7 Å². The molecule has 1 aromatic carbocycles. The van der Waals surface area contributed by atoms with Gasteiger partial charge >= 0.3 is 0 Å². The number of benzene rings is 1. The molecule has 0 radical (unpaired) electrons. The molecule has 0 bridgehead atoms. The lowest BCUT2D eigenvalue weighted by atomic mass is 10.2. The number of phenolic OH excluding ortho intramolecular Hbond substituents is 1. The topological polar surface area (TPSA) is 45.6 Å². The minimum atomic E-state index is 0.0461. The van der Waals surface area contributed by atoms with E-state index >= 15 is 0 Å². The third kappa shape index (κ3) is 3.71. The molecule has 0 fully saturated rings. The highest BCUT2D eigenvalue weighted by molar-refractivity contribution is 7.09. The van der Waals surface area contributed by atoms with E-state index in [9.17, 15) is 5.11 Å². The number of thiazole rings is 1. The maximum atomic E-state index is 9.51. The van der Waals surface area contributed by atoms with Crippen molar-refractivity contribution in [2.45, 2.75) is 26.5 Å². The van der Waals surface area contributed by atoms with Crippen LogP contribution in [0.3, 0.4) is 0 Å². The van der Waals surface area contributed by atoms with Gasteiger partial charge < -0.3 is 14.7 Å². The molecule has 0 aliphatic heterocycles. The van der Waals surface area contributed by atoms with Crippen LogP contribution in [-0.2, 0) is 11.3 Å². The first-order valence-corrected chi connectivity index (χ1v) is 7.54. The first-order valence-electron chi connectivity index (χ1n) is 6.66. The largest absolute Gasteiger partial charge is 0.508 e. The summed E-state index contributed by atoms with van der Waals surface area (Å²) < 4.78 is 5.55. The fourth-order valence-corrected chi connectivity index (χ4v) is 2.78.